The summed E-state index contributed by atoms with van der Waals surface area (Å²) in [5.74, 6) is 0.863. The summed E-state index contributed by atoms with van der Waals surface area (Å²) in [4.78, 5) is 2.33. The van der Waals surface area contributed by atoms with Gasteiger partial charge in [-0.25, -0.2) is 0 Å². The Morgan fingerprint density at radius 1 is 0.625 bits per heavy atom. The number of anilines is 3. The van der Waals surface area contributed by atoms with Gasteiger partial charge in [0.2, 0.25) is 0 Å². The molecule has 4 aromatic carbocycles. The summed E-state index contributed by atoms with van der Waals surface area (Å²) in [5, 5.41) is 0. The highest BCUT2D eigenvalue weighted by atomic mass is 16.5. The van der Waals surface area contributed by atoms with Crippen molar-refractivity contribution in [2.45, 2.75) is 32.1 Å². The van der Waals surface area contributed by atoms with Crippen LogP contribution < -0.4 is 9.64 Å². The minimum Gasteiger partial charge on any atom is -0.497 e. The van der Waals surface area contributed by atoms with Gasteiger partial charge in [0, 0.05) is 22.5 Å². The Kier molecular flexibility index (Phi) is 5.22. The van der Waals surface area contributed by atoms with Gasteiger partial charge in [-0.3, -0.25) is 0 Å². The molecule has 160 valence electrons. The quantitative estimate of drug-likeness (QED) is 0.312. The molecule has 5 rings (SSSR count). The van der Waals surface area contributed by atoms with Gasteiger partial charge in [0.25, 0.3) is 0 Å². The number of nitrogens with zero attached hydrogens (tertiary/aromatic N) is 1. The van der Waals surface area contributed by atoms with E-state index in [2.05, 4.69) is 104 Å². The van der Waals surface area contributed by atoms with Crippen molar-refractivity contribution >= 4 is 17.1 Å². The molecule has 0 aliphatic heterocycles. The van der Waals surface area contributed by atoms with Crippen LogP contribution in [0.15, 0.2) is 97.1 Å². The minimum atomic E-state index is 0.0597. The summed E-state index contributed by atoms with van der Waals surface area (Å²) < 4.78 is 5.39. The number of ether oxygens (including phenoxy) is 1. The van der Waals surface area contributed by atoms with Crippen molar-refractivity contribution in [3.05, 3.63) is 108 Å². The fourth-order valence-electron chi connectivity index (χ4n) is 5.35. The van der Waals surface area contributed by atoms with Gasteiger partial charge in [0.05, 0.1) is 7.11 Å². The van der Waals surface area contributed by atoms with Crippen molar-refractivity contribution in [1.29, 1.82) is 0 Å². The number of rotatable bonds is 6. The minimum absolute atomic E-state index is 0.0597. The van der Waals surface area contributed by atoms with Crippen LogP contribution in [0.25, 0.3) is 11.1 Å². The largest absolute Gasteiger partial charge is 0.497 e. The van der Waals surface area contributed by atoms with Crippen LogP contribution >= 0.6 is 0 Å². The van der Waals surface area contributed by atoms with E-state index in [0.717, 1.165) is 30.0 Å². The van der Waals surface area contributed by atoms with Gasteiger partial charge in [-0.15, -0.1) is 0 Å². The van der Waals surface area contributed by atoms with Gasteiger partial charge >= 0.3 is 0 Å². The van der Waals surface area contributed by atoms with Crippen LogP contribution in [0.3, 0.4) is 0 Å². The second kappa shape index (κ2) is 8.20. The van der Waals surface area contributed by atoms with E-state index in [4.69, 9.17) is 4.74 Å². The van der Waals surface area contributed by atoms with Crippen molar-refractivity contribution in [2.75, 3.05) is 12.0 Å². The fraction of sp³-hybridized carbons (Fsp3) is 0.200. The highest BCUT2D eigenvalue weighted by molar-refractivity contribution is 5.85. The number of para-hydroxylation sites is 1. The van der Waals surface area contributed by atoms with Gasteiger partial charge in [0.15, 0.2) is 0 Å². The van der Waals surface area contributed by atoms with Crippen molar-refractivity contribution < 1.29 is 4.74 Å². The third kappa shape index (κ3) is 3.10. The molecule has 0 saturated heterocycles. The first kappa shape index (κ1) is 20.4. The van der Waals surface area contributed by atoms with Crippen LogP contribution in [0, 0.1) is 0 Å². The van der Waals surface area contributed by atoms with E-state index in [1.54, 1.807) is 7.11 Å². The molecule has 2 heteroatoms. The van der Waals surface area contributed by atoms with E-state index < -0.39 is 0 Å². The number of fused-ring (bicyclic) bond motifs is 3. The molecule has 2 nitrogen and oxygen atoms in total. The zero-order chi connectivity index (χ0) is 22.1. The fourth-order valence-corrected chi connectivity index (χ4v) is 5.35. The van der Waals surface area contributed by atoms with Crippen LogP contribution in [0.5, 0.6) is 5.75 Å². The SMILES string of the molecule is CCC1(CC)c2ccccc2-c2ccc(N(c3ccccc3)c3ccc(OC)cc3)cc21. The van der Waals surface area contributed by atoms with Crippen molar-refractivity contribution in [1.82, 2.24) is 0 Å². The molecule has 0 N–H and O–H groups in total. The van der Waals surface area contributed by atoms with Gasteiger partial charge in [-0.2, -0.15) is 0 Å². The van der Waals surface area contributed by atoms with E-state index in [0.29, 0.717) is 0 Å². The summed E-state index contributed by atoms with van der Waals surface area (Å²) in [6.07, 6.45) is 2.18. The Hall–Kier alpha value is -3.52. The number of benzene rings is 4. The molecule has 1 aliphatic rings. The average Bonchev–Trinajstić information content (AvgIpc) is 3.15. The zero-order valence-electron chi connectivity index (χ0n) is 19.0. The Morgan fingerprint density at radius 2 is 1.22 bits per heavy atom. The molecular weight excluding hydrogens is 390 g/mol. The van der Waals surface area contributed by atoms with Crippen molar-refractivity contribution in [2.24, 2.45) is 0 Å². The number of hydrogen-bond acceptors (Lipinski definition) is 2. The van der Waals surface area contributed by atoms with E-state index in [-0.39, 0.29) is 5.41 Å². The summed E-state index contributed by atoms with van der Waals surface area (Å²) >= 11 is 0. The van der Waals surface area contributed by atoms with Crippen LogP contribution in [0.2, 0.25) is 0 Å². The third-order valence-electron chi connectivity index (χ3n) is 7.06. The lowest BCUT2D eigenvalue weighted by Gasteiger charge is -2.31. The predicted molar refractivity (Wildman–Crippen MR) is 134 cm³/mol. The van der Waals surface area contributed by atoms with E-state index in [1.165, 1.54) is 27.9 Å². The molecule has 0 unspecified atom stereocenters. The maximum atomic E-state index is 5.39. The molecule has 1 aliphatic carbocycles. The molecule has 32 heavy (non-hydrogen) atoms. The standard InChI is InChI=1S/C30H29NO/c1-4-30(5-2)28-14-10-9-13-26(28)27-20-17-24(21-29(27)30)31(22-11-7-6-8-12-22)23-15-18-25(32-3)19-16-23/h6-21H,4-5H2,1-3H3. The average molecular weight is 420 g/mol. The number of methoxy groups -OCH3 is 1. The molecule has 0 bridgehead atoms. The van der Waals surface area contributed by atoms with Crippen LogP contribution in [-0.2, 0) is 5.41 Å². The van der Waals surface area contributed by atoms with Gasteiger partial charge in [-0.05, 0) is 83.6 Å². The van der Waals surface area contributed by atoms with E-state index in [9.17, 15) is 0 Å². The lowest BCUT2D eigenvalue weighted by Crippen LogP contribution is -2.23. The maximum Gasteiger partial charge on any atom is 0.119 e. The molecular formula is C30H29NO. The second-order valence-corrected chi connectivity index (χ2v) is 8.43. The molecule has 0 aromatic heterocycles. The van der Waals surface area contributed by atoms with Gasteiger partial charge in [-0.1, -0.05) is 62.4 Å². The van der Waals surface area contributed by atoms with Crippen LogP contribution in [0.1, 0.15) is 37.8 Å². The highest BCUT2D eigenvalue weighted by Crippen LogP contribution is 2.54. The smallest absolute Gasteiger partial charge is 0.119 e. The summed E-state index contributed by atoms with van der Waals surface area (Å²) in [6, 6.07) is 34.8. The van der Waals surface area contributed by atoms with Crippen LogP contribution in [-0.4, -0.2) is 7.11 Å². The van der Waals surface area contributed by atoms with E-state index in [1.807, 2.05) is 12.1 Å². The molecule has 0 fully saturated rings. The van der Waals surface area contributed by atoms with Crippen molar-refractivity contribution in [3.8, 4) is 16.9 Å². The second-order valence-electron chi connectivity index (χ2n) is 8.43. The highest BCUT2D eigenvalue weighted by Gasteiger charge is 2.40. The van der Waals surface area contributed by atoms with Gasteiger partial charge < -0.3 is 9.64 Å². The van der Waals surface area contributed by atoms with Gasteiger partial charge in [0.1, 0.15) is 5.75 Å². The summed E-state index contributed by atoms with van der Waals surface area (Å²) in [7, 11) is 1.71. The lowest BCUT2D eigenvalue weighted by molar-refractivity contribution is 0.415. The first-order chi connectivity index (χ1) is 15.7. The molecule has 0 atom stereocenters. The molecule has 0 amide bonds. The number of hydrogen-bond donors (Lipinski definition) is 0. The molecule has 4 aromatic rings. The molecule has 0 spiro atoms. The summed E-state index contributed by atoms with van der Waals surface area (Å²) in [6.45, 7) is 4.64. The molecule has 0 radical (unpaired) electrons. The Morgan fingerprint density at radius 3 is 1.91 bits per heavy atom. The Bertz CT molecular complexity index is 1220. The van der Waals surface area contributed by atoms with E-state index >= 15 is 0 Å². The predicted octanol–water partition coefficient (Wildman–Crippen LogP) is 8.25. The topological polar surface area (TPSA) is 12.5 Å². The third-order valence-corrected chi connectivity index (χ3v) is 7.06. The lowest BCUT2D eigenvalue weighted by atomic mass is 9.74. The normalized spacial score (nSPS) is 13.3. The van der Waals surface area contributed by atoms with Crippen molar-refractivity contribution in [3.63, 3.8) is 0 Å². The Labute approximate surface area is 191 Å². The summed E-state index contributed by atoms with van der Waals surface area (Å²) in [5.41, 5.74) is 9.16. The molecule has 0 heterocycles. The Balaban J connectivity index is 1.70. The zero-order valence-corrected chi connectivity index (χ0v) is 19.0. The maximum absolute atomic E-state index is 5.39. The monoisotopic (exact) mass is 419 g/mol. The first-order valence-electron chi connectivity index (χ1n) is 11.5. The molecule has 0 saturated carbocycles. The first-order valence-corrected chi connectivity index (χ1v) is 11.5. The van der Waals surface area contributed by atoms with Crippen LogP contribution in [0.4, 0.5) is 17.1 Å².